The average molecular weight is 657 g/mol. The van der Waals surface area contributed by atoms with Gasteiger partial charge < -0.3 is 10.1 Å². The number of nitro groups is 1. The Kier molecular flexibility index (Phi) is 8.75. The fourth-order valence-corrected chi connectivity index (χ4v) is 5.98. The number of imidazole rings is 1. The number of sulfonamides is 1. The van der Waals surface area contributed by atoms with Crippen LogP contribution in [-0.2, 0) is 16.6 Å². The van der Waals surface area contributed by atoms with Crippen molar-refractivity contribution in [1.82, 2.24) is 19.1 Å². The van der Waals surface area contributed by atoms with Crippen LogP contribution in [0.1, 0.15) is 40.5 Å². The topological polar surface area (TPSA) is 159 Å². The zero-order valence-corrected chi connectivity index (χ0v) is 25.0. The molecule has 3 heterocycles. The molecule has 0 radical (unpaired) electrons. The molecule has 16 heteroatoms. The number of carbonyl (C=O) groups is 2. The minimum Gasteiger partial charge on any atom is -0.390 e. The molecule has 0 bridgehead atoms. The highest BCUT2D eigenvalue weighted by atomic mass is 35.5. The molecule has 0 spiro atoms. The Balaban J connectivity index is 1.61. The summed E-state index contributed by atoms with van der Waals surface area (Å²) < 4.78 is 59.5. The third-order valence-electron chi connectivity index (χ3n) is 6.81. The third kappa shape index (κ3) is 6.44. The quantitative estimate of drug-likeness (QED) is 0.105. The van der Waals surface area contributed by atoms with Crippen molar-refractivity contribution in [3.63, 3.8) is 0 Å². The van der Waals surface area contributed by atoms with Crippen LogP contribution in [0.25, 0.3) is 22.2 Å². The normalized spacial score (nSPS) is 11.6. The van der Waals surface area contributed by atoms with E-state index in [4.69, 9.17) is 11.6 Å². The molecule has 0 saturated carbocycles. The summed E-state index contributed by atoms with van der Waals surface area (Å²) >= 11 is 6.00. The number of nitrogens with one attached hydrogen (secondary N) is 1. The van der Waals surface area contributed by atoms with E-state index in [9.17, 15) is 28.1 Å². The minimum atomic E-state index is -3.98. The Morgan fingerprint density at radius 1 is 1.09 bits per heavy atom. The smallest absolute Gasteiger partial charge is 0.390 e. The van der Waals surface area contributed by atoms with Gasteiger partial charge in [-0.15, -0.1) is 0 Å². The van der Waals surface area contributed by atoms with Crippen LogP contribution in [0, 0.1) is 21.7 Å². The number of rotatable bonds is 11. The molecular weight excluding hydrogens is 634 g/mol. The van der Waals surface area contributed by atoms with E-state index in [1.807, 2.05) is 4.72 Å². The molecule has 2 aromatic carbocycles. The Hall–Kier alpha value is -5.02. The summed E-state index contributed by atoms with van der Waals surface area (Å²) in [6.45, 7) is 1.47. The van der Waals surface area contributed by atoms with Gasteiger partial charge in [-0.2, -0.15) is 0 Å². The molecule has 0 atom stereocenters. The number of carbonyl (C=O) groups excluding carboxylic acids is 2. The third-order valence-corrected chi connectivity index (χ3v) is 8.54. The molecule has 232 valence electrons. The first-order chi connectivity index (χ1) is 21.4. The summed E-state index contributed by atoms with van der Waals surface area (Å²) in [4.78, 5) is 45.7. The molecule has 0 saturated heterocycles. The molecule has 0 aliphatic heterocycles. The van der Waals surface area contributed by atoms with Gasteiger partial charge in [0.05, 0.1) is 35.5 Å². The first kappa shape index (κ1) is 31.4. The number of pyridine rings is 1. The standard InChI is InChI=1S/C29H23ClF2N6O6S/c1-2-13-45(43,44)35-23-8-7-22(31)25(26(23)32)27(40)21-16-37(24(39)9-11-36-12-10-33-29(36)38(41)42)28-20(21)14-18(15-34-28)17-3-5-19(30)6-4-17/h3-8,10,12,14-16,35H,2,9,11,13H2,1H3. The van der Waals surface area contributed by atoms with Crippen LogP contribution >= 0.6 is 11.6 Å². The molecule has 0 aliphatic rings. The van der Waals surface area contributed by atoms with Gasteiger partial charge in [-0.05, 0) is 47.2 Å². The molecule has 5 aromatic rings. The Labute approximate surface area is 259 Å². The van der Waals surface area contributed by atoms with Gasteiger partial charge in [-0.1, -0.05) is 35.6 Å². The van der Waals surface area contributed by atoms with Gasteiger partial charge in [0.25, 0.3) is 0 Å². The molecule has 3 aromatic heterocycles. The van der Waals surface area contributed by atoms with Gasteiger partial charge >= 0.3 is 5.95 Å². The first-order valence-corrected chi connectivity index (χ1v) is 15.4. The van der Waals surface area contributed by atoms with Crippen molar-refractivity contribution in [2.24, 2.45) is 0 Å². The largest absolute Gasteiger partial charge is 0.434 e. The Morgan fingerprint density at radius 2 is 1.82 bits per heavy atom. The van der Waals surface area contributed by atoms with E-state index < -0.39 is 55.5 Å². The van der Waals surface area contributed by atoms with Gasteiger partial charge in [0.2, 0.25) is 21.7 Å². The SMILES string of the molecule is CCCS(=O)(=O)Nc1ccc(F)c(C(=O)c2cn(C(=O)CCn3ccnc3[N+](=O)[O-])c3ncc(-c4ccc(Cl)cc4)cc23)c1F. The fourth-order valence-electron chi connectivity index (χ4n) is 4.72. The van der Waals surface area contributed by atoms with Crippen LogP contribution < -0.4 is 4.72 Å². The summed E-state index contributed by atoms with van der Waals surface area (Å²) in [5.74, 6) is -5.28. The number of hydrogen-bond acceptors (Lipinski definition) is 8. The van der Waals surface area contributed by atoms with E-state index in [0.29, 0.717) is 16.1 Å². The van der Waals surface area contributed by atoms with E-state index in [-0.39, 0.29) is 41.7 Å². The second-order valence-electron chi connectivity index (χ2n) is 9.87. The predicted molar refractivity (Wildman–Crippen MR) is 162 cm³/mol. The van der Waals surface area contributed by atoms with Gasteiger partial charge in [0, 0.05) is 28.4 Å². The van der Waals surface area contributed by atoms with Crippen molar-refractivity contribution in [3.8, 4) is 11.1 Å². The lowest BCUT2D eigenvalue weighted by Gasteiger charge is -2.11. The summed E-state index contributed by atoms with van der Waals surface area (Å²) in [7, 11) is -3.98. The van der Waals surface area contributed by atoms with Crippen LogP contribution in [0.5, 0.6) is 0 Å². The molecule has 0 aliphatic carbocycles. The fraction of sp³-hybridized carbons (Fsp3) is 0.172. The van der Waals surface area contributed by atoms with Crippen LogP contribution in [0.4, 0.5) is 20.4 Å². The molecule has 5 rings (SSSR count). The lowest BCUT2D eigenvalue weighted by molar-refractivity contribution is -0.396. The molecule has 0 unspecified atom stereocenters. The lowest BCUT2D eigenvalue weighted by atomic mass is 10.00. The van der Waals surface area contributed by atoms with Gasteiger partial charge in [0.1, 0.15) is 23.9 Å². The van der Waals surface area contributed by atoms with Crippen molar-refractivity contribution in [3.05, 3.63) is 105 Å². The Morgan fingerprint density at radius 3 is 2.51 bits per heavy atom. The molecule has 0 amide bonds. The van der Waals surface area contributed by atoms with Crippen LogP contribution in [0.2, 0.25) is 5.02 Å². The van der Waals surface area contributed by atoms with E-state index in [2.05, 4.69) is 9.97 Å². The maximum absolute atomic E-state index is 15.6. The number of aromatic nitrogens is 4. The van der Waals surface area contributed by atoms with E-state index in [0.717, 1.165) is 27.5 Å². The highest BCUT2D eigenvalue weighted by Crippen LogP contribution is 2.31. The number of aryl methyl sites for hydroxylation is 1. The average Bonchev–Trinajstić information content (AvgIpc) is 3.63. The predicted octanol–water partition coefficient (Wildman–Crippen LogP) is 5.85. The summed E-state index contributed by atoms with van der Waals surface area (Å²) in [5, 5.41) is 11.8. The van der Waals surface area contributed by atoms with Crippen molar-refractivity contribution >= 4 is 56.0 Å². The molecule has 0 fully saturated rings. The minimum absolute atomic E-state index is 0.0122. The van der Waals surface area contributed by atoms with Gasteiger partial charge in [0.15, 0.2) is 5.82 Å². The number of hydrogen-bond donors (Lipinski definition) is 1. The summed E-state index contributed by atoms with van der Waals surface area (Å²) in [6, 6.07) is 9.81. The van der Waals surface area contributed by atoms with Crippen LogP contribution in [-0.4, -0.2) is 49.9 Å². The molecule has 1 N–H and O–H groups in total. The van der Waals surface area contributed by atoms with Gasteiger partial charge in [-0.3, -0.25) is 18.9 Å². The zero-order valence-electron chi connectivity index (χ0n) is 23.4. The molecular formula is C29H23ClF2N6O6S. The van der Waals surface area contributed by atoms with Crippen LogP contribution in [0.15, 0.2) is 67.3 Å². The van der Waals surface area contributed by atoms with Gasteiger partial charge in [-0.25, -0.2) is 26.7 Å². The number of halogens is 3. The molecule has 45 heavy (non-hydrogen) atoms. The first-order valence-electron chi connectivity index (χ1n) is 13.4. The number of nitrogens with zero attached hydrogens (tertiary/aromatic N) is 5. The highest BCUT2D eigenvalue weighted by molar-refractivity contribution is 7.92. The maximum Gasteiger partial charge on any atom is 0.434 e. The number of benzene rings is 2. The Bertz CT molecular complexity index is 2080. The summed E-state index contributed by atoms with van der Waals surface area (Å²) in [5.41, 5.74) is -0.819. The second-order valence-corrected chi connectivity index (χ2v) is 12.1. The molecule has 12 nitrogen and oxygen atoms in total. The van der Waals surface area contributed by atoms with Crippen molar-refractivity contribution in [2.75, 3.05) is 10.5 Å². The summed E-state index contributed by atoms with van der Waals surface area (Å²) in [6.07, 6.45) is 5.01. The zero-order chi connectivity index (χ0) is 32.5. The monoisotopic (exact) mass is 656 g/mol. The number of fused-ring (bicyclic) bond motifs is 1. The number of ketones is 1. The van der Waals surface area contributed by atoms with Crippen molar-refractivity contribution in [1.29, 1.82) is 0 Å². The van der Waals surface area contributed by atoms with E-state index in [1.165, 1.54) is 24.7 Å². The second kappa shape index (κ2) is 12.5. The number of anilines is 1. The van der Waals surface area contributed by atoms with Crippen molar-refractivity contribution in [2.45, 2.75) is 26.3 Å². The highest BCUT2D eigenvalue weighted by Gasteiger charge is 2.28. The lowest BCUT2D eigenvalue weighted by Crippen LogP contribution is -2.18. The van der Waals surface area contributed by atoms with E-state index in [1.54, 1.807) is 31.2 Å². The van der Waals surface area contributed by atoms with E-state index >= 15 is 8.78 Å². The van der Waals surface area contributed by atoms with Crippen molar-refractivity contribution < 1.29 is 31.7 Å². The maximum atomic E-state index is 15.6. The van der Waals surface area contributed by atoms with Crippen LogP contribution in [0.3, 0.4) is 0 Å².